The molecule has 0 rings (SSSR count). The van der Waals surface area contributed by atoms with Crippen LogP contribution < -0.4 is 0 Å². The summed E-state index contributed by atoms with van der Waals surface area (Å²) < 4.78 is 64.8. The van der Waals surface area contributed by atoms with Gasteiger partial charge in [-0.15, -0.1) is 0 Å². The van der Waals surface area contributed by atoms with Gasteiger partial charge in [0, 0.05) is 6.42 Å². The van der Waals surface area contributed by atoms with E-state index in [1.807, 2.05) is 0 Å². The lowest BCUT2D eigenvalue weighted by molar-refractivity contribution is -0.145. The molecule has 0 amide bonds. The number of ether oxygens (including phenoxy) is 12. The summed E-state index contributed by atoms with van der Waals surface area (Å²) >= 11 is 0. The van der Waals surface area contributed by atoms with E-state index < -0.39 is 0 Å². The highest BCUT2D eigenvalue weighted by molar-refractivity contribution is 5.69. The van der Waals surface area contributed by atoms with Crippen LogP contribution in [0.4, 0.5) is 0 Å². The van der Waals surface area contributed by atoms with Crippen LogP contribution in [0.1, 0.15) is 110 Å². The normalized spacial score (nSPS) is 11.4. The van der Waals surface area contributed by atoms with Crippen molar-refractivity contribution in [1.82, 2.24) is 0 Å². The zero-order chi connectivity index (χ0) is 39.6. The Bertz CT molecular complexity index is 732. The third-order valence-corrected chi connectivity index (χ3v) is 8.29. The van der Waals surface area contributed by atoms with Gasteiger partial charge in [0.1, 0.15) is 13.2 Å². The third kappa shape index (κ3) is 50.6. The lowest BCUT2D eigenvalue weighted by Crippen LogP contribution is -2.15. The highest BCUT2D eigenvalue weighted by Crippen LogP contribution is 2.14. The number of hydrogen-bond donors (Lipinski definition) is 0. The highest BCUT2D eigenvalue weighted by atomic mass is 16.6. The zero-order valence-corrected chi connectivity index (χ0v) is 35.0. The van der Waals surface area contributed by atoms with Gasteiger partial charge in [0.15, 0.2) is 0 Å². The van der Waals surface area contributed by atoms with E-state index in [1.165, 1.54) is 89.7 Å². The number of esters is 1. The van der Waals surface area contributed by atoms with Crippen molar-refractivity contribution in [3.05, 3.63) is 12.8 Å². The summed E-state index contributed by atoms with van der Waals surface area (Å²) in [6.45, 7) is 16.4. The first kappa shape index (κ1) is 53.6. The molecule has 0 unspecified atom stereocenters. The topological polar surface area (TPSA) is 128 Å². The summed E-state index contributed by atoms with van der Waals surface area (Å²) in [6, 6.07) is 0. The van der Waals surface area contributed by atoms with Crippen LogP contribution in [0.15, 0.2) is 12.8 Å². The average molecular weight is 795 g/mol. The van der Waals surface area contributed by atoms with E-state index in [0.29, 0.717) is 145 Å². The Morgan fingerprint density at radius 1 is 0.345 bits per heavy atom. The van der Waals surface area contributed by atoms with Gasteiger partial charge < -0.3 is 56.8 Å². The van der Waals surface area contributed by atoms with E-state index in [9.17, 15) is 4.79 Å². The highest BCUT2D eigenvalue weighted by Gasteiger charge is 2.03. The lowest BCUT2D eigenvalue weighted by atomic mass is 10.0. The van der Waals surface area contributed by atoms with Gasteiger partial charge in [0.05, 0.1) is 138 Å². The Balaban J connectivity index is 3.13. The molecule has 0 atom stereocenters. The summed E-state index contributed by atoms with van der Waals surface area (Å²) in [6.07, 6.45) is 21.6. The maximum atomic E-state index is 11.9. The fourth-order valence-corrected chi connectivity index (χ4v) is 5.20. The van der Waals surface area contributed by atoms with E-state index in [1.54, 1.807) is 0 Å². The second-order valence-corrected chi connectivity index (χ2v) is 13.1. The fraction of sp³-hybridized carbons (Fsp3) is 0.929. The molecule has 13 heteroatoms. The number of carbonyl (C=O) groups excluding carboxylic acids is 1. The number of rotatable bonds is 50. The van der Waals surface area contributed by atoms with E-state index >= 15 is 0 Å². The van der Waals surface area contributed by atoms with Crippen LogP contribution in [0.3, 0.4) is 0 Å². The van der Waals surface area contributed by atoms with Crippen molar-refractivity contribution in [2.75, 3.05) is 145 Å². The second kappa shape index (κ2) is 50.6. The summed E-state index contributed by atoms with van der Waals surface area (Å²) in [7, 11) is 0. The van der Waals surface area contributed by atoms with E-state index in [0.717, 1.165) is 12.8 Å². The van der Waals surface area contributed by atoms with Gasteiger partial charge in [-0.05, 0) is 6.42 Å². The molecule has 55 heavy (non-hydrogen) atoms. The molecule has 328 valence electrons. The molecule has 0 aromatic heterocycles. The molecule has 0 aromatic rings. The Labute approximate surface area is 335 Å². The zero-order valence-electron chi connectivity index (χ0n) is 35.0. The molecule has 0 spiro atoms. The summed E-state index contributed by atoms with van der Waals surface area (Å²) in [5.41, 5.74) is 0. The van der Waals surface area contributed by atoms with Crippen molar-refractivity contribution < 1.29 is 61.6 Å². The van der Waals surface area contributed by atoms with E-state index in [-0.39, 0.29) is 12.6 Å². The minimum atomic E-state index is -0.131. The smallest absolute Gasteiger partial charge is 0.305 e. The molecular weight excluding hydrogens is 712 g/mol. The lowest BCUT2D eigenvalue weighted by Gasteiger charge is -2.09. The minimum Gasteiger partial charge on any atom is -0.499 e. The molecule has 0 fully saturated rings. The van der Waals surface area contributed by atoms with Gasteiger partial charge in [-0.25, -0.2) is 0 Å². The molecule has 0 aliphatic heterocycles. The van der Waals surface area contributed by atoms with Gasteiger partial charge in [-0.2, -0.15) is 0 Å². The first-order chi connectivity index (χ1) is 27.3. The summed E-state index contributed by atoms with van der Waals surface area (Å²) in [5, 5.41) is 0. The predicted octanol–water partition coefficient (Wildman–Crippen LogP) is 7.12. The fourth-order valence-electron chi connectivity index (χ4n) is 5.20. The van der Waals surface area contributed by atoms with Gasteiger partial charge in [-0.1, -0.05) is 103 Å². The van der Waals surface area contributed by atoms with Crippen LogP contribution in [-0.2, 0) is 61.6 Å². The quantitative estimate of drug-likeness (QED) is 0.0353. The Kier molecular flexibility index (Phi) is 49.3. The predicted molar refractivity (Wildman–Crippen MR) is 215 cm³/mol. The van der Waals surface area contributed by atoms with Crippen molar-refractivity contribution in [3.8, 4) is 0 Å². The molecule has 0 N–H and O–H groups in total. The van der Waals surface area contributed by atoms with Crippen LogP contribution >= 0.6 is 0 Å². The second-order valence-electron chi connectivity index (χ2n) is 13.1. The first-order valence-electron chi connectivity index (χ1n) is 21.5. The molecule has 0 aliphatic carbocycles. The van der Waals surface area contributed by atoms with Crippen molar-refractivity contribution >= 4 is 5.97 Å². The maximum absolute atomic E-state index is 11.9. The molecule has 0 saturated carbocycles. The van der Waals surface area contributed by atoms with Gasteiger partial charge in [-0.3, -0.25) is 4.79 Å². The Hall–Kier alpha value is -1.39. The van der Waals surface area contributed by atoms with Crippen LogP contribution in [0, 0.1) is 0 Å². The number of hydrogen-bond acceptors (Lipinski definition) is 13. The number of unbranched alkanes of at least 4 members (excludes halogenated alkanes) is 14. The Morgan fingerprint density at radius 2 is 0.582 bits per heavy atom. The summed E-state index contributed by atoms with van der Waals surface area (Å²) in [4.78, 5) is 11.9. The molecular formula is C42H82O13. The van der Waals surface area contributed by atoms with Crippen molar-refractivity contribution in [3.63, 3.8) is 0 Å². The minimum absolute atomic E-state index is 0.131. The van der Waals surface area contributed by atoms with Gasteiger partial charge in [0.2, 0.25) is 0 Å². The van der Waals surface area contributed by atoms with Crippen molar-refractivity contribution in [2.24, 2.45) is 0 Å². The first-order valence-corrected chi connectivity index (χ1v) is 21.5. The Morgan fingerprint density at radius 3 is 0.855 bits per heavy atom. The monoisotopic (exact) mass is 795 g/mol. The van der Waals surface area contributed by atoms with Gasteiger partial charge >= 0.3 is 5.97 Å². The molecule has 0 bridgehead atoms. The molecule has 0 saturated heterocycles. The standard InChI is InChI=1S/C42H82O13/c1-3-5-6-7-8-9-10-11-12-13-14-15-16-17-18-19-42(43)55-41-40-54-39-38-53-37-36-52-35-34-51-33-32-50-31-30-49-29-28-48-27-26-47-25-24-46-23-22-45-21-20-44-4-2/h4H,2-3,5-41H2,1H3. The molecule has 13 nitrogen and oxygen atoms in total. The molecule has 0 aliphatic rings. The average Bonchev–Trinajstić information content (AvgIpc) is 3.19. The SMILES string of the molecule is C=COCCOCCOCCOCCOCCOCCOCCOCCOCCOCCOCCOC(=O)CCCCCCCCCCCCCCCCC. The van der Waals surface area contributed by atoms with Crippen LogP contribution in [-0.4, -0.2) is 151 Å². The van der Waals surface area contributed by atoms with E-state index in [2.05, 4.69) is 13.5 Å². The van der Waals surface area contributed by atoms with Crippen molar-refractivity contribution in [2.45, 2.75) is 110 Å². The molecule has 0 aromatic carbocycles. The van der Waals surface area contributed by atoms with Crippen molar-refractivity contribution in [1.29, 1.82) is 0 Å². The van der Waals surface area contributed by atoms with E-state index in [4.69, 9.17) is 56.8 Å². The molecule has 0 heterocycles. The van der Waals surface area contributed by atoms with Crippen LogP contribution in [0.2, 0.25) is 0 Å². The van der Waals surface area contributed by atoms with Crippen LogP contribution in [0.5, 0.6) is 0 Å². The van der Waals surface area contributed by atoms with Crippen LogP contribution in [0.25, 0.3) is 0 Å². The third-order valence-electron chi connectivity index (χ3n) is 8.29. The number of carbonyl (C=O) groups is 1. The maximum Gasteiger partial charge on any atom is 0.305 e. The molecule has 0 radical (unpaired) electrons. The summed E-state index contributed by atoms with van der Waals surface area (Å²) in [5.74, 6) is -0.131. The van der Waals surface area contributed by atoms with Gasteiger partial charge in [0.25, 0.3) is 0 Å². The largest absolute Gasteiger partial charge is 0.499 e.